The van der Waals surface area contributed by atoms with Gasteiger partial charge in [0.15, 0.2) is 5.16 Å². The summed E-state index contributed by atoms with van der Waals surface area (Å²) in [7, 11) is 1.89. The van der Waals surface area contributed by atoms with Crippen molar-refractivity contribution >= 4 is 29.0 Å². The number of carbonyl (C=O) groups excluding carboxylic acids is 1. The second-order valence-electron chi connectivity index (χ2n) is 5.40. The highest BCUT2D eigenvalue weighted by atomic mass is 32.2. The fourth-order valence-electron chi connectivity index (χ4n) is 2.32. The Morgan fingerprint density at radius 1 is 1.16 bits per heavy atom. The first-order valence-electron chi connectivity index (χ1n) is 7.56. The number of hydrogen-bond acceptors (Lipinski definition) is 5. The van der Waals surface area contributed by atoms with E-state index in [4.69, 9.17) is 0 Å². The fraction of sp³-hybridized carbons (Fsp3) is 0.0588. The largest absolute Gasteiger partial charge is 0.321 e. The number of carbonyl (C=O) groups is 1. The molecule has 0 aliphatic heterocycles. The Bertz CT molecular complexity index is 1000. The van der Waals surface area contributed by atoms with Gasteiger partial charge in [-0.2, -0.15) is 0 Å². The minimum Gasteiger partial charge on any atom is -0.321 e. The molecule has 0 aliphatic rings. The van der Waals surface area contributed by atoms with Crippen LogP contribution in [0.5, 0.6) is 0 Å². The molecular weight excluding hydrogens is 336 g/mol. The first kappa shape index (κ1) is 15.4. The summed E-state index contributed by atoms with van der Waals surface area (Å²) in [6.45, 7) is 0. The molecule has 1 amide bonds. The van der Waals surface area contributed by atoms with Crippen molar-refractivity contribution in [2.24, 2.45) is 7.05 Å². The lowest BCUT2D eigenvalue weighted by Gasteiger charge is -2.05. The van der Waals surface area contributed by atoms with Crippen molar-refractivity contribution in [1.29, 1.82) is 0 Å². The van der Waals surface area contributed by atoms with Crippen LogP contribution in [0.1, 0.15) is 10.5 Å². The van der Waals surface area contributed by atoms with Crippen molar-refractivity contribution in [3.63, 3.8) is 0 Å². The lowest BCUT2D eigenvalue weighted by Crippen LogP contribution is -2.12. The minimum absolute atomic E-state index is 0.239. The number of benzene rings is 1. The number of nitrogens with one attached hydrogen (secondary N) is 1. The quantitative estimate of drug-likeness (QED) is 0.612. The predicted octanol–water partition coefficient (Wildman–Crippen LogP) is 2.87. The summed E-state index contributed by atoms with van der Waals surface area (Å²) in [4.78, 5) is 17.7. The van der Waals surface area contributed by atoms with E-state index in [0.717, 1.165) is 15.7 Å². The van der Waals surface area contributed by atoms with Gasteiger partial charge in [0.1, 0.15) is 17.7 Å². The molecule has 0 aliphatic carbocycles. The summed E-state index contributed by atoms with van der Waals surface area (Å²) < 4.78 is 3.67. The van der Waals surface area contributed by atoms with Crippen LogP contribution in [0.25, 0.3) is 5.65 Å². The van der Waals surface area contributed by atoms with Gasteiger partial charge in [0.25, 0.3) is 5.91 Å². The molecule has 0 bridgehead atoms. The highest BCUT2D eigenvalue weighted by Gasteiger charge is 2.11. The van der Waals surface area contributed by atoms with Crippen LogP contribution in [0.4, 0.5) is 5.69 Å². The van der Waals surface area contributed by atoms with E-state index in [-0.39, 0.29) is 5.91 Å². The third kappa shape index (κ3) is 3.24. The molecular formula is C17H14N6OS. The number of aryl methyl sites for hydroxylation is 1. The van der Waals surface area contributed by atoms with Crippen molar-refractivity contribution in [1.82, 2.24) is 24.1 Å². The Morgan fingerprint density at radius 2 is 2.00 bits per heavy atom. The molecule has 0 radical (unpaired) electrons. The van der Waals surface area contributed by atoms with Crippen LogP contribution >= 0.6 is 11.8 Å². The number of pyridine rings is 1. The van der Waals surface area contributed by atoms with Crippen molar-refractivity contribution in [2.75, 3.05) is 5.32 Å². The molecule has 1 N–H and O–H groups in total. The van der Waals surface area contributed by atoms with Crippen molar-refractivity contribution in [3.05, 3.63) is 66.9 Å². The number of amides is 1. The summed E-state index contributed by atoms with van der Waals surface area (Å²) in [5.74, 6) is -0.239. The van der Waals surface area contributed by atoms with Crippen LogP contribution < -0.4 is 5.32 Å². The van der Waals surface area contributed by atoms with E-state index in [0.29, 0.717) is 11.4 Å². The number of nitrogens with zero attached hydrogens (tertiary/aromatic N) is 5. The summed E-state index contributed by atoms with van der Waals surface area (Å²) in [6, 6.07) is 13.2. The fourth-order valence-corrected chi connectivity index (χ4v) is 3.08. The zero-order valence-electron chi connectivity index (χ0n) is 13.3. The monoisotopic (exact) mass is 350 g/mol. The molecule has 0 spiro atoms. The summed E-state index contributed by atoms with van der Waals surface area (Å²) >= 11 is 1.51. The number of hydrogen-bond donors (Lipinski definition) is 1. The average Bonchev–Trinajstić information content (AvgIpc) is 3.23. The third-order valence-corrected chi connectivity index (χ3v) is 4.65. The van der Waals surface area contributed by atoms with E-state index >= 15 is 0 Å². The zero-order chi connectivity index (χ0) is 17.2. The highest BCUT2D eigenvalue weighted by Crippen LogP contribution is 2.26. The van der Waals surface area contributed by atoms with Gasteiger partial charge in [-0.1, -0.05) is 6.07 Å². The Morgan fingerprint density at radius 3 is 2.72 bits per heavy atom. The minimum atomic E-state index is -0.239. The molecule has 0 saturated heterocycles. The Balaban J connectivity index is 1.47. The lowest BCUT2D eigenvalue weighted by molar-refractivity contribution is 0.102. The lowest BCUT2D eigenvalue weighted by atomic mass is 10.3. The normalized spacial score (nSPS) is 10.9. The number of imidazole rings is 1. The van der Waals surface area contributed by atoms with Gasteiger partial charge in [-0.3, -0.25) is 4.79 Å². The maximum absolute atomic E-state index is 12.4. The number of aromatic nitrogens is 5. The number of anilines is 1. The first-order valence-corrected chi connectivity index (χ1v) is 8.38. The molecule has 0 atom stereocenters. The SMILES string of the molecule is Cn1cnnc1Sc1ccc(NC(=O)c2cn3ccccc3n2)cc1. The highest BCUT2D eigenvalue weighted by molar-refractivity contribution is 7.99. The van der Waals surface area contributed by atoms with Gasteiger partial charge < -0.3 is 14.3 Å². The van der Waals surface area contributed by atoms with Gasteiger partial charge in [0, 0.05) is 30.0 Å². The second kappa shape index (κ2) is 6.40. The predicted molar refractivity (Wildman–Crippen MR) is 94.7 cm³/mol. The van der Waals surface area contributed by atoms with E-state index in [1.54, 1.807) is 12.5 Å². The van der Waals surface area contributed by atoms with Gasteiger partial charge in [0.05, 0.1) is 0 Å². The Hall–Kier alpha value is -3.13. The van der Waals surface area contributed by atoms with Crippen molar-refractivity contribution < 1.29 is 4.79 Å². The van der Waals surface area contributed by atoms with E-state index in [2.05, 4.69) is 20.5 Å². The maximum Gasteiger partial charge on any atom is 0.275 e. The molecule has 124 valence electrons. The van der Waals surface area contributed by atoms with E-state index in [1.165, 1.54) is 11.8 Å². The molecule has 8 heteroatoms. The summed E-state index contributed by atoms with van der Waals surface area (Å²) in [5.41, 5.74) is 1.83. The molecule has 3 aromatic heterocycles. The molecule has 3 heterocycles. The van der Waals surface area contributed by atoms with Gasteiger partial charge in [-0.15, -0.1) is 10.2 Å². The van der Waals surface area contributed by atoms with Gasteiger partial charge >= 0.3 is 0 Å². The van der Waals surface area contributed by atoms with Gasteiger partial charge in [-0.25, -0.2) is 4.98 Å². The van der Waals surface area contributed by atoms with Gasteiger partial charge in [-0.05, 0) is 48.2 Å². The van der Waals surface area contributed by atoms with E-state index in [1.807, 2.05) is 64.7 Å². The topological polar surface area (TPSA) is 77.1 Å². The molecule has 25 heavy (non-hydrogen) atoms. The third-order valence-electron chi connectivity index (χ3n) is 3.59. The maximum atomic E-state index is 12.4. The molecule has 7 nitrogen and oxygen atoms in total. The second-order valence-corrected chi connectivity index (χ2v) is 6.44. The molecule has 4 aromatic rings. The van der Waals surface area contributed by atoms with E-state index < -0.39 is 0 Å². The summed E-state index contributed by atoms with van der Waals surface area (Å²) in [6.07, 6.45) is 5.23. The molecule has 4 rings (SSSR count). The smallest absolute Gasteiger partial charge is 0.275 e. The average molecular weight is 350 g/mol. The summed E-state index contributed by atoms with van der Waals surface area (Å²) in [5, 5.41) is 11.6. The van der Waals surface area contributed by atoms with Crippen molar-refractivity contribution in [3.8, 4) is 0 Å². The van der Waals surface area contributed by atoms with Crippen LogP contribution in [-0.2, 0) is 7.05 Å². The van der Waals surface area contributed by atoms with Crippen LogP contribution in [0.15, 0.2) is 71.2 Å². The Kier molecular flexibility index (Phi) is 3.95. The number of rotatable bonds is 4. The molecule has 0 fully saturated rings. The Labute approximate surface area is 147 Å². The van der Waals surface area contributed by atoms with Crippen LogP contribution in [0.3, 0.4) is 0 Å². The molecule has 0 unspecified atom stereocenters. The van der Waals surface area contributed by atoms with Crippen LogP contribution in [0, 0.1) is 0 Å². The van der Waals surface area contributed by atoms with Crippen molar-refractivity contribution in [2.45, 2.75) is 10.1 Å². The first-order chi connectivity index (χ1) is 12.2. The number of fused-ring (bicyclic) bond motifs is 1. The van der Waals surface area contributed by atoms with Crippen LogP contribution in [0.2, 0.25) is 0 Å². The van der Waals surface area contributed by atoms with Crippen LogP contribution in [-0.4, -0.2) is 30.1 Å². The zero-order valence-corrected chi connectivity index (χ0v) is 14.1. The standard InChI is InChI=1S/C17H14N6OS/c1-22-11-18-21-17(22)25-13-7-5-12(6-8-13)19-16(24)14-10-23-9-3-2-4-15(23)20-14/h2-11H,1H3,(H,19,24). The van der Waals surface area contributed by atoms with E-state index in [9.17, 15) is 4.79 Å². The molecule has 0 saturated carbocycles. The molecule has 1 aromatic carbocycles. The van der Waals surface area contributed by atoms with Gasteiger partial charge in [0.2, 0.25) is 0 Å².